The van der Waals surface area contributed by atoms with E-state index in [2.05, 4.69) is 33.0 Å². The van der Waals surface area contributed by atoms with Gasteiger partial charge in [-0.2, -0.15) is 0 Å². The standard InChI is InChI=1S/C15H23N3O2S/c19-15(8-12-9-16-10-12)17-11-13(14-2-1-7-21-14)18-3-5-20-6-4-18/h1-2,7,12-13,16H,3-6,8-11H2,(H,17,19). The van der Waals surface area contributed by atoms with Crippen molar-refractivity contribution in [3.8, 4) is 0 Å². The average molecular weight is 309 g/mol. The number of carbonyl (C=O) groups is 1. The van der Waals surface area contributed by atoms with Crippen LogP contribution in [-0.4, -0.2) is 56.7 Å². The highest BCUT2D eigenvalue weighted by atomic mass is 32.1. The van der Waals surface area contributed by atoms with Gasteiger partial charge < -0.3 is 15.4 Å². The smallest absolute Gasteiger partial charge is 0.220 e. The summed E-state index contributed by atoms with van der Waals surface area (Å²) in [6, 6.07) is 4.51. The van der Waals surface area contributed by atoms with E-state index in [1.54, 1.807) is 11.3 Å². The molecule has 1 unspecified atom stereocenters. The summed E-state index contributed by atoms with van der Waals surface area (Å²) in [7, 11) is 0. The number of hydrogen-bond donors (Lipinski definition) is 2. The van der Waals surface area contributed by atoms with Gasteiger partial charge in [0.25, 0.3) is 0 Å². The van der Waals surface area contributed by atoms with Crippen LogP contribution in [0.5, 0.6) is 0 Å². The molecule has 5 nitrogen and oxygen atoms in total. The molecular weight excluding hydrogens is 286 g/mol. The molecule has 3 rings (SSSR count). The molecule has 0 bridgehead atoms. The van der Waals surface area contributed by atoms with Crippen molar-refractivity contribution >= 4 is 17.2 Å². The summed E-state index contributed by atoms with van der Waals surface area (Å²) in [6.07, 6.45) is 0.646. The number of thiophene rings is 1. The summed E-state index contributed by atoms with van der Waals surface area (Å²) in [4.78, 5) is 15.8. The Hall–Kier alpha value is -0.950. The molecule has 3 heterocycles. The lowest BCUT2D eigenvalue weighted by molar-refractivity contribution is -0.122. The second-order valence-electron chi connectivity index (χ2n) is 5.71. The first-order valence-electron chi connectivity index (χ1n) is 7.65. The Kier molecular flexibility index (Phi) is 5.24. The van der Waals surface area contributed by atoms with Crippen LogP contribution in [0.1, 0.15) is 17.3 Å². The van der Waals surface area contributed by atoms with E-state index >= 15 is 0 Å². The molecule has 116 valence electrons. The molecule has 2 aliphatic heterocycles. The van der Waals surface area contributed by atoms with Crippen LogP contribution in [0.15, 0.2) is 17.5 Å². The van der Waals surface area contributed by atoms with E-state index in [4.69, 9.17) is 4.74 Å². The van der Waals surface area contributed by atoms with Gasteiger partial charge in [-0.3, -0.25) is 9.69 Å². The lowest BCUT2D eigenvalue weighted by Gasteiger charge is -2.34. The second-order valence-corrected chi connectivity index (χ2v) is 6.69. The first-order chi connectivity index (χ1) is 10.3. The third kappa shape index (κ3) is 4.03. The van der Waals surface area contributed by atoms with Crippen LogP contribution in [-0.2, 0) is 9.53 Å². The molecule has 0 aliphatic carbocycles. The molecule has 2 fully saturated rings. The topological polar surface area (TPSA) is 53.6 Å². The zero-order chi connectivity index (χ0) is 14.5. The second kappa shape index (κ2) is 7.35. The van der Waals surface area contributed by atoms with Gasteiger partial charge in [-0.05, 0) is 30.5 Å². The van der Waals surface area contributed by atoms with Crippen molar-refractivity contribution in [3.05, 3.63) is 22.4 Å². The van der Waals surface area contributed by atoms with Crippen LogP contribution in [0.2, 0.25) is 0 Å². The van der Waals surface area contributed by atoms with Crippen molar-refractivity contribution in [1.82, 2.24) is 15.5 Å². The quantitative estimate of drug-likeness (QED) is 0.818. The lowest BCUT2D eigenvalue weighted by atomic mass is 9.99. The average Bonchev–Trinajstić information content (AvgIpc) is 2.98. The minimum Gasteiger partial charge on any atom is -0.379 e. The number of nitrogens with zero attached hydrogens (tertiary/aromatic N) is 1. The number of morpholine rings is 1. The Morgan fingerprint density at radius 1 is 1.48 bits per heavy atom. The molecule has 0 spiro atoms. The Balaban J connectivity index is 1.55. The van der Waals surface area contributed by atoms with E-state index in [1.807, 2.05) is 0 Å². The molecular formula is C15H23N3O2S. The minimum atomic E-state index is 0.177. The number of amides is 1. The fourth-order valence-electron chi connectivity index (χ4n) is 2.82. The fraction of sp³-hybridized carbons (Fsp3) is 0.667. The summed E-state index contributed by atoms with van der Waals surface area (Å²) < 4.78 is 5.44. The Morgan fingerprint density at radius 2 is 2.29 bits per heavy atom. The maximum atomic E-state index is 12.0. The monoisotopic (exact) mass is 309 g/mol. The molecule has 1 aromatic heterocycles. The molecule has 2 N–H and O–H groups in total. The van der Waals surface area contributed by atoms with Gasteiger partial charge in [-0.25, -0.2) is 0 Å². The summed E-state index contributed by atoms with van der Waals surface area (Å²) >= 11 is 1.76. The highest BCUT2D eigenvalue weighted by Crippen LogP contribution is 2.25. The molecule has 0 saturated carbocycles. The molecule has 1 amide bonds. The van der Waals surface area contributed by atoms with Crippen molar-refractivity contribution in [2.45, 2.75) is 12.5 Å². The number of carbonyl (C=O) groups excluding carboxylic acids is 1. The summed E-state index contributed by atoms with van der Waals surface area (Å²) in [5.74, 6) is 0.699. The van der Waals surface area contributed by atoms with Crippen LogP contribution in [0, 0.1) is 5.92 Å². The van der Waals surface area contributed by atoms with Gasteiger partial charge in [-0.1, -0.05) is 6.07 Å². The zero-order valence-electron chi connectivity index (χ0n) is 12.2. The van der Waals surface area contributed by atoms with Gasteiger partial charge in [0.05, 0.1) is 19.3 Å². The lowest BCUT2D eigenvalue weighted by Crippen LogP contribution is -2.46. The summed E-state index contributed by atoms with van der Waals surface area (Å²) in [6.45, 7) is 6.08. The van der Waals surface area contributed by atoms with Gasteiger partial charge >= 0.3 is 0 Å². The van der Waals surface area contributed by atoms with E-state index < -0.39 is 0 Å². The molecule has 21 heavy (non-hydrogen) atoms. The highest BCUT2D eigenvalue weighted by molar-refractivity contribution is 7.10. The van der Waals surface area contributed by atoms with Gasteiger partial charge in [0.2, 0.25) is 5.91 Å². The van der Waals surface area contributed by atoms with E-state index in [9.17, 15) is 4.79 Å². The molecule has 2 saturated heterocycles. The van der Waals surface area contributed by atoms with Gasteiger partial charge in [0, 0.05) is 30.9 Å². The third-order valence-corrected chi connectivity index (χ3v) is 5.16. The van der Waals surface area contributed by atoms with Crippen molar-refractivity contribution in [2.24, 2.45) is 5.92 Å². The van der Waals surface area contributed by atoms with Gasteiger partial charge in [0.15, 0.2) is 0 Å². The molecule has 0 aromatic carbocycles. The summed E-state index contributed by atoms with van der Waals surface area (Å²) in [5, 5.41) is 8.43. The molecule has 6 heteroatoms. The van der Waals surface area contributed by atoms with Gasteiger partial charge in [-0.15, -0.1) is 11.3 Å². The van der Waals surface area contributed by atoms with Crippen LogP contribution in [0.25, 0.3) is 0 Å². The third-order valence-electron chi connectivity index (χ3n) is 4.19. The van der Waals surface area contributed by atoms with Crippen LogP contribution >= 0.6 is 11.3 Å². The van der Waals surface area contributed by atoms with Crippen molar-refractivity contribution < 1.29 is 9.53 Å². The number of nitrogens with one attached hydrogen (secondary N) is 2. The van der Waals surface area contributed by atoms with Crippen LogP contribution < -0.4 is 10.6 Å². The van der Waals surface area contributed by atoms with Crippen molar-refractivity contribution in [1.29, 1.82) is 0 Å². The zero-order valence-corrected chi connectivity index (χ0v) is 13.0. The predicted molar refractivity (Wildman–Crippen MR) is 83.4 cm³/mol. The Bertz CT molecular complexity index is 442. The van der Waals surface area contributed by atoms with Crippen LogP contribution in [0.3, 0.4) is 0 Å². The molecule has 0 radical (unpaired) electrons. The number of rotatable bonds is 6. The largest absolute Gasteiger partial charge is 0.379 e. The molecule has 1 aromatic rings. The minimum absolute atomic E-state index is 0.177. The SMILES string of the molecule is O=C(CC1CNC1)NCC(c1cccs1)N1CCOCC1. The summed E-state index contributed by atoms with van der Waals surface area (Å²) in [5.41, 5.74) is 0. The first kappa shape index (κ1) is 15.0. The molecule has 1 atom stereocenters. The predicted octanol–water partition coefficient (Wildman–Crippen LogP) is 0.847. The Morgan fingerprint density at radius 3 is 2.90 bits per heavy atom. The number of ether oxygens (including phenoxy) is 1. The van der Waals surface area contributed by atoms with Crippen molar-refractivity contribution in [2.75, 3.05) is 45.9 Å². The van der Waals surface area contributed by atoms with Gasteiger partial charge in [0.1, 0.15) is 0 Å². The maximum Gasteiger partial charge on any atom is 0.220 e. The van der Waals surface area contributed by atoms with E-state index in [-0.39, 0.29) is 11.9 Å². The fourth-order valence-corrected chi connectivity index (χ4v) is 3.68. The molecule has 2 aliphatic rings. The van der Waals surface area contributed by atoms with Crippen molar-refractivity contribution in [3.63, 3.8) is 0 Å². The normalized spacial score (nSPS) is 21.7. The first-order valence-corrected chi connectivity index (χ1v) is 8.53. The maximum absolute atomic E-state index is 12.0. The Labute approximate surface area is 129 Å². The van der Waals surface area contributed by atoms with Crippen LogP contribution in [0.4, 0.5) is 0 Å². The van der Waals surface area contributed by atoms with E-state index in [1.165, 1.54) is 4.88 Å². The highest BCUT2D eigenvalue weighted by Gasteiger charge is 2.25. The number of hydrogen-bond acceptors (Lipinski definition) is 5. The van der Waals surface area contributed by atoms with E-state index in [0.717, 1.165) is 39.4 Å². The van der Waals surface area contributed by atoms with E-state index in [0.29, 0.717) is 18.9 Å².